The molecule has 0 aliphatic carbocycles. The van der Waals surface area contributed by atoms with Crippen molar-refractivity contribution in [1.82, 2.24) is 3.97 Å². The number of hydrogen-bond donors (Lipinski definition) is 0. The molecule has 1 atom stereocenters. The molecule has 0 amide bonds. The number of nitrogens with zero attached hydrogens (tertiary/aromatic N) is 1. The van der Waals surface area contributed by atoms with Gasteiger partial charge in [0.05, 0.1) is 10.4 Å². The molecule has 0 radical (unpaired) electrons. The van der Waals surface area contributed by atoms with Crippen LogP contribution in [0.5, 0.6) is 0 Å². The first-order chi connectivity index (χ1) is 15.2. The second-order valence-electron chi connectivity index (χ2n) is 6.92. The molecule has 1 unspecified atom stereocenters. The van der Waals surface area contributed by atoms with Gasteiger partial charge in [-0.2, -0.15) is 3.97 Å². The van der Waals surface area contributed by atoms with E-state index in [-0.39, 0.29) is 0 Å². The van der Waals surface area contributed by atoms with Gasteiger partial charge in [0.2, 0.25) is 0 Å². The molecule has 3 aromatic carbocycles. The Morgan fingerprint density at radius 1 is 0.903 bits per heavy atom. The molecule has 5 rings (SSSR count). The van der Waals surface area contributed by atoms with Crippen LogP contribution in [-0.2, 0) is 11.4 Å². The first-order valence-corrected chi connectivity index (χ1v) is 13.3. The van der Waals surface area contributed by atoms with Crippen LogP contribution in [0.4, 0.5) is 0 Å². The molecule has 0 aliphatic rings. The molecule has 2 nitrogen and oxygen atoms in total. The highest BCUT2D eigenvalue weighted by Crippen LogP contribution is 2.46. The Bertz CT molecular complexity index is 1340. The van der Waals surface area contributed by atoms with Gasteiger partial charge in [0, 0.05) is 20.9 Å². The van der Waals surface area contributed by atoms with Crippen molar-refractivity contribution < 1.29 is 4.55 Å². The Morgan fingerprint density at radius 2 is 1.65 bits per heavy atom. The number of halogens is 1. The minimum Gasteiger partial charge on any atom is -0.587 e. The van der Waals surface area contributed by atoms with E-state index in [4.69, 9.17) is 11.6 Å². The fraction of sp³-hybridized carbons (Fsp3) is 0.0400. The number of thiophene rings is 1. The second-order valence-corrected chi connectivity index (χ2v) is 10.5. The summed E-state index contributed by atoms with van der Waals surface area (Å²) < 4.78 is 15.9. The zero-order valence-corrected chi connectivity index (χ0v) is 19.8. The number of para-hydroxylation sites is 1. The van der Waals surface area contributed by atoms with Crippen molar-refractivity contribution >= 4 is 57.0 Å². The molecule has 0 fully saturated rings. The second kappa shape index (κ2) is 8.77. The summed E-state index contributed by atoms with van der Waals surface area (Å²) in [6.45, 7) is 0. The average molecular weight is 480 g/mol. The van der Waals surface area contributed by atoms with Gasteiger partial charge < -0.3 is 4.55 Å². The number of benzene rings is 3. The minimum absolute atomic E-state index is 0.631. The van der Waals surface area contributed by atoms with Crippen LogP contribution in [0.3, 0.4) is 0 Å². The molecule has 6 heteroatoms. The zero-order valence-electron chi connectivity index (χ0n) is 16.6. The Labute approximate surface area is 197 Å². The van der Waals surface area contributed by atoms with Gasteiger partial charge in [0.15, 0.2) is 4.90 Å². The lowest BCUT2D eigenvalue weighted by atomic mass is 10.0. The van der Waals surface area contributed by atoms with Crippen molar-refractivity contribution in [2.45, 2.75) is 9.79 Å². The standard InChI is InChI=1S/C25H18ClNOS3/c1-29-22-10-5-3-8-20(22)24-19-7-2-4-9-21(19)27(25(24)23-11-6-16-30-23)31(28)18-14-12-17(26)13-15-18/h2-16H,1H3. The normalized spacial score (nSPS) is 12.4. The molecule has 31 heavy (non-hydrogen) atoms. The van der Waals surface area contributed by atoms with Crippen LogP contribution in [0.1, 0.15) is 0 Å². The molecule has 0 aliphatic heterocycles. The van der Waals surface area contributed by atoms with Crippen LogP contribution < -0.4 is 0 Å². The van der Waals surface area contributed by atoms with E-state index < -0.39 is 11.4 Å². The van der Waals surface area contributed by atoms with Crippen LogP contribution >= 0.6 is 34.7 Å². The van der Waals surface area contributed by atoms with Crippen molar-refractivity contribution in [3.63, 3.8) is 0 Å². The summed E-state index contributed by atoms with van der Waals surface area (Å²) in [4.78, 5) is 3.00. The van der Waals surface area contributed by atoms with Crippen LogP contribution in [0.2, 0.25) is 5.02 Å². The van der Waals surface area contributed by atoms with Crippen LogP contribution in [-0.4, -0.2) is 14.8 Å². The topological polar surface area (TPSA) is 28.0 Å². The lowest BCUT2D eigenvalue weighted by Gasteiger charge is -2.15. The maximum Gasteiger partial charge on any atom is 0.180 e. The molecular weight excluding hydrogens is 462 g/mol. The monoisotopic (exact) mass is 479 g/mol. The third kappa shape index (κ3) is 3.71. The molecule has 2 aromatic heterocycles. The van der Waals surface area contributed by atoms with E-state index in [2.05, 4.69) is 48.0 Å². The highest BCUT2D eigenvalue weighted by molar-refractivity contribution is 7.98. The third-order valence-corrected chi connectivity index (χ3v) is 8.45. The van der Waals surface area contributed by atoms with E-state index in [0.717, 1.165) is 32.6 Å². The van der Waals surface area contributed by atoms with E-state index in [1.807, 2.05) is 40.4 Å². The summed E-state index contributed by atoms with van der Waals surface area (Å²) in [5.74, 6) is 0. The van der Waals surface area contributed by atoms with Crippen molar-refractivity contribution in [3.8, 4) is 21.7 Å². The smallest absolute Gasteiger partial charge is 0.180 e. The summed E-state index contributed by atoms with van der Waals surface area (Å²) in [5.41, 5.74) is 4.20. The third-order valence-electron chi connectivity index (χ3n) is 5.14. The lowest BCUT2D eigenvalue weighted by molar-refractivity contribution is 0.588. The summed E-state index contributed by atoms with van der Waals surface area (Å²) in [6.07, 6.45) is 2.09. The van der Waals surface area contributed by atoms with Crippen molar-refractivity contribution in [2.75, 3.05) is 6.26 Å². The highest BCUT2D eigenvalue weighted by atomic mass is 35.5. The van der Waals surface area contributed by atoms with Crippen molar-refractivity contribution in [2.24, 2.45) is 0 Å². The van der Waals surface area contributed by atoms with Gasteiger partial charge in [-0.15, -0.1) is 23.1 Å². The van der Waals surface area contributed by atoms with Gasteiger partial charge in [0.1, 0.15) is 17.1 Å². The van der Waals surface area contributed by atoms with E-state index in [0.29, 0.717) is 9.92 Å². The van der Waals surface area contributed by atoms with Crippen LogP contribution in [0.15, 0.2) is 100 Å². The Hall–Kier alpha value is -2.15. The number of rotatable bonds is 5. The van der Waals surface area contributed by atoms with E-state index in [1.54, 1.807) is 35.2 Å². The Morgan fingerprint density at radius 3 is 2.39 bits per heavy atom. The number of hydrogen-bond acceptors (Lipinski definition) is 3. The Balaban J connectivity index is 1.88. The van der Waals surface area contributed by atoms with Crippen LogP contribution in [0.25, 0.3) is 32.6 Å². The fourth-order valence-electron chi connectivity index (χ4n) is 3.80. The SMILES string of the molecule is CSc1ccccc1-c1c(-c2cccs2)n([S+]([O-])c2ccc(Cl)cc2)c2ccccc12. The van der Waals surface area contributed by atoms with E-state index >= 15 is 0 Å². The molecule has 0 bridgehead atoms. The van der Waals surface area contributed by atoms with Crippen molar-refractivity contribution in [3.05, 3.63) is 95.3 Å². The molecule has 0 saturated carbocycles. The van der Waals surface area contributed by atoms with Gasteiger partial charge in [0.25, 0.3) is 0 Å². The van der Waals surface area contributed by atoms with Crippen molar-refractivity contribution in [1.29, 1.82) is 0 Å². The van der Waals surface area contributed by atoms with Gasteiger partial charge >= 0.3 is 0 Å². The molecule has 0 spiro atoms. The first-order valence-electron chi connectivity index (χ1n) is 9.67. The summed E-state index contributed by atoms with van der Waals surface area (Å²) in [7, 11) is 0. The summed E-state index contributed by atoms with van der Waals surface area (Å²) in [5, 5.41) is 3.79. The number of thioether (sulfide) groups is 1. The summed E-state index contributed by atoms with van der Waals surface area (Å²) >= 11 is 8.04. The van der Waals surface area contributed by atoms with Gasteiger partial charge in [-0.3, -0.25) is 0 Å². The highest BCUT2D eigenvalue weighted by Gasteiger charge is 2.29. The van der Waals surface area contributed by atoms with Gasteiger partial charge in [-0.25, -0.2) is 0 Å². The summed E-state index contributed by atoms with van der Waals surface area (Å²) in [6, 6.07) is 28.0. The fourth-order valence-corrected chi connectivity index (χ4v) is 6.63. The predicted molar refractivity (Wildman–Crippen MR) is 136 cm³/mol. The number of aromatic nitrogens is 1. The van der Waals surface area contributed by atoms with Gasteiger partial charge in [-0.05, 0) is 59.7 Å². The average Bonchev–Trinajstić information content (AvgIpc) is 3.45. The largest absolute Gasteiger partial charge is 0.587 e. The molecule has 2 heterocycles. The van der Waals surface area contributed by atoms with Crippen LogP contribution in [0, 0.1) is 0 Å². The molecule has 0 saturated heterocycles. The predicted octanol–water partition coefficient (Wildman–Crippen LogP) is 7.98. The first kappa shape index (κ1) is 20.7. The minimum atomic E-state index is -1.43. The Kier molecular flexibility index (Phi) is 5.87. The quantitative estimate of drug-likeness (QED) is 0.189. The molecule has 0 N–H and O–H groups in total. The van der Waals surface area contributed by atoms with E-state index in [1.165, 1.54) is 4.90 Å². The van der Waals surface area contributed by atoms with Gasteiger partial charge in [-0.1, -0.05) is 54.1 Å². The molecule has 5 aromatic rings. The maximum absolute atomic E-state index is 13.9. The zero-order chi connectivity index (χ0) is 21.4. The maximum atomic E-state index is 13.9. The molecular formula is C25H18ClNOS3. The number of fused-ring (bicyclic) bond motifs is 1. The van der Waals surface area contributed by atoms with E-state index in [9.17, 15) is 4.55 Å². The lowest BCUT2D eigenvalue weighted by Crippen LogP contribution is -2.14. The molecule has 154 valence electrons.